The largest absolute Gasteiger partial charge is 0.595 e. The second-order valence-electron chi connectivity index (χ2n) is 3.30. The van der Waals surface area contributed by atoms with E-state index < -0.39 is 5.23 Å². The normalized spacial score (nSPS) is 13.8. The minimum Gasteiger partial charge on any atom is -0.595 e. The van der Waals surface area contributed by atoms with Gasteiger partial charge in [-0.05, 0) is 21.5 Å². The van der Waals surface area contributed by atoms with E-state index in [9.17, 15) is 5.21 Å². The molecule has 0 heterocycles. The molecule has 2 N–H and O–H groups in total. The average molecular weight is 406 g/mol. The molecule has 1 unspecified atom stereocenters. The minimum absolute atomic E-state index is 0.150. The van der Waals surface area contributed by atoms with Gasteiger partial charge in [0, 0.05) is 5.75 Å². The summed E-state index contributed by atoms with van der Waals surface area (Å²) in [5.74, 6) is 0.599. The van der Waals surface area contributed by atoms with Gasteiger partial charge < -0.3 is 5.21 Å². The van der Waals surface area contributed by atoms with Crippen molar-refractivity contribution in [2.24, 2.45) is 0 Å². The predicted octanol–water partition coefficient (Wildman–Crippen LogP) is 4.14. The summed E-state index contributed by atoms with van der Waals surface area (Å²) in [6, 6.07) is 9.62. The van der Waals surface area contributed by atoms with Gasteiger partial charge in [0.25, 0.3) is 0 Å². The van der Waals surface area contributed by atoms with Gasteiger partial charge in [0.05, 0.1) is 0 Å². The molecular weight excluding hydrogens is 396 g/mol. The first kappa shape index (κ1) is 17.3. The maximum atomic E-state index is 11.2. The molecule has 0 bridgehead atoms. The third-order valence-corrected chi connectivity index (χ3v) is 4.97. The summed E-state index contributed by atoms with van der Waals surface area (Å²) in [5.41, 5.74) is 0.911. The van der Waals surface area contributed by atoms with Crippen molar-refractivity contribution in [1.29, 1.82) is 0 Å². The van der Waals surface area contributed by atoms with Crippen molar-refractivity contribution in [3.63, 3.8) is 0 Å². The summed E-state index contributed by atoms with van der Waals surface area (Å²) < 4.78 is 0.0870. The highest BCUT2D eigenvalue weighted by molar-refractivity contribution is 9.14. The summed E-state index contributed by atoms with van der Waals surface area (Å²) in [5, 5.41) is 18.9. The maximum Gasteiger partial charge on any atom is 0.205 e. The number of benzene rings is 1. The Hall–Kier alpha value is 0.280. The van der Waals surface area contributed by atoms with Crippen molar-refractivity contribution in [3.8, 4) is 0 Å². The molecule has 0 aliphatic rings. The zero-order valence-corrected chi connectivity index (χ0v) is 14.0. The molecule has 0 fully saturated rings. The molecule has 0 aromatic heterocycles. The minimum atomic E-state index is -1.20. The van der Waals surface area contributed by atoms with Crippen LogP contribution in [-0.4, -0.2) is 5.21 Å². The van der Waals surface area contributed by atoms with Gasteiger partial charge in [0.2, 0.25) is 5.70 Å². The Balaban J connectivity index is 2.89. The Morgan fingerprint density at radius 3 is 2.32 bits per heavy atom. The van der Waals surface area contributed by atoms with Crippen LogP contribution in [0.15, 0.2) is 49.4 Å². The number of hydrogen-bond donors (Lipinski definition) is 2. The van der Waals surface area contributed by atoms with Gasteiger partial charge >= 0.3 is 0 Å². The van der Waals surface area contributed by atoms with Gasteiger partial charge in [0.1, 0.15) is 13.3 Å². The van der Waals surface area contributed by atoms with Crippen molar-refractivity contribution in [3.05, 3.63) is 60.1 Å². The van der Waals surface area contributed by atoms with Crippen LogP contribution in [0.2, 0.25) is 0 Å². The SMILES string of the molecule is [O-][NH+](O)/C(C(Cl)=C(Cl)Cl)=C(/Br)SCc1ccccc1. The van der Waals surface area contributed by atoms with Crippen LogP contribution in [0, 0.1) is 5.21 Å². The Bertz CT molecular complexity index is 490. The number of nitrogens with one attached hydrogen (secondary N) is 1. The standard InChI is InChI=1S/C11H9BrCl3NO2S/c12-10(9(16(17)18)8(13)11(14)15)19-6-7-4-2-1-3-5-7/h1-5,16-17H,6H2/b10-9-. The van der Waals surface area contributed by atoms with Gasteiger partial charge in [-0.25, -0.2) is 5.21 Å². The molecule has 0 aliphatic carbocycles. The molecule has 0 aliphatic heterocycles. The van der Waals surface area contributed by atoms with Crippen LogP contribution in [-0.2, 0) is 5.75 Å². The van der Waals surface area contributed by atoms with E-state index in [0.29, 0.717) is 9.57 Å². The zero-order chi connectivity index (χ0) is 14.4. The average Bonchev–Trinajstić information content (AvgIpc) is 2.37. The smallest absolute Gasteiger partial charge is 0.205 e. The molecule has 0 amide bonds. The van der Waals surface area contributed by atoms with Crippen LogP contribution in [0.1, 0.15) is 5.56 Å². The van der Waals surface area contributed by atoms with Crippen molar-refractivity contribution < 1.29 is 10.4 Å². The molecular formula is C11H9BrCl3NO2S. The lowest BCUT2D eigenvalue weighted by Crippen LogP contribution is -3.02. The second-order valence-corrected chi connectivity index (χ2v) is 6.93. The van der Waals surface area contributed by atoms with E-state index in [-0.39, 0.29) is 15.2 Å². The lowest BCUT2D eigenvalue weighted by atomic mass is 10.2. The number of hydrogen-bond acceptors (Lipinski definition) is 3. The van der Waals surface area contributed by atoms with Crippen molar-refractivity contribution in [1.82, 2.24) is 0 Å². The molecule has 8 heteroatoms. The van der Waals surface area contributed by atoms with Crippen LogP contribution in [0.5, 0.6) is 0 Å². The molecule has 0 saturated carbocycles. The first-order valence-electron chi connectivity index (χ1n) is 4.94. The molecule has 0 radical (unpaired) electrons. The molecule has 3 nitrogen and oxygen atoms in total. The van der Waals surface area contributed by atoms with Crippen LogP contribution < -0.4 is 5.23 Å². The molecule has 0 spiro atoms. The fraction of sp³-hybridized carbons (Fsp3) is 0.0909. The Kier molecular flexibility index (Phi) is 7.79. The first-order chi connectivity index (χ1) is 8.93. The topological polar surface area (TPSA) is 47.7 Å². The van der Waals surface area contributed by atoms with Crippen molar-refractivity contribution in [2.45, 2.75) is 5.75 Å². The van der Waals surface area contributed by atoms with Crippen LogP contribution in [0.4, 0.5) is 0 Å². The Morgan fingerprint density at radius 2 is 1.84 bits per heavy atom. The number of halogens is 4. The molecule has 0 saturated heterocycles. The summed E-state index contributed by atoms with van der Waals surface area (Å²) in [4.78, 5) is 0. The van der Waals surface area contributed by atoms with Crippen LogP contribution in [0.25, 0.3) is 0 Å². The number of quaternary nitrogens is 1. The highest BCUT2D eigenvalue weighted by Crippen LogP contribution is 2.33. The highest BCUT2D eigenvalue weighted by atomic mass is 79.9. The highest BCUT2D eigenvalue weighted by Gasteiger charge is 2.19. The fourth-order valence-electron chi connectivity index (χ4n) is 1.15. The molecule has 1 rings (SSSR count). The summed E-state index contributed by atoms with van der Waals surface area (Å²) in [7, 11) is 0. The third-order valence-electron chi connectivity index (χ3n) is 2.00. The number of hydroxylamine groups is 2. The second kappa shape index (κ2) is 8.54. The predicted molar refractivity (Wildman–Crippen MR) is 84.4 cm³/mol. The van der Waals surface area contributed by atoms with Gasteiger partial charge in [-0.3, -0.25) is 0 Å². The van der Waals surface area contributed by atoms with Gasteiger partial charge in [-0.1, -0.05) is 65.1 Å². The fourth-order valence-corrected chi connectivity index (χ4v) is 3.22. The summed E-state index contributed by atoms with van der Waals surface area (Å²) in [6.45, 7) is 0. The van der Waals surface area contributed by atoms with Gasteiger partial charge in [0.15, 0.2) is 0 Å². The quantitative estimate of drug-likeness (QED) is 0.572. The molecule has 104 valence electrons. The van der Waals surface area contributed by atoms with Gasteiger partial charge in [-0.15, -0.1) is 11.8 Å². The molecule has 1 aromatic rings. The first-order valence-corrected chi connectivity index (χ1v) is 7.85. The summed E-state index contributed by atoms with van der Waals surface area (Å²) >= 11 is 21.3. The van der Waals surface area contributed by atoms with Crippen molar-refractivity contribution >= 4 is 62.5 Å². The van der Waals surface area contributed by atoms with Gasteiger partial charge in [-0.2, -0.15) is 5.23 Å². The Morgan fingerprint density at radius 1 is 1.26 bits per heavy atom. The third kappa shape index (κ3) is 5.65. The number of thioether (sulfide) groups is 1. The molecule has 19 heavy (non-hydrogen) atoms. The lowest BCUT2D eigenvalue weighted by molar-refractivity contribution is -1.01. The van der Waals surface area contributed by atoms with E-state index in [4.69, 9.17) is 40.0 Å². The maximum absolute atomic E-state index is 11.2. The van der Waals surface area contributed by atoms with E-state index in [1.54, 1.807) is 0 Å². The monoisotopic (exact) mass is 403 g/mol. The Labute approximate surface area is 138 Å². The lowest BCUT2D eigenvalue weighted by Gasteiger charge is -2.16. The number of rotatable bonds is 5. The molecule has 1 atom stereocenters. The zero-order valence-electron chi connectivity index (χ0n) is 9.37. The summed E-state index contributed by atoms with van der Waals surface area (Å²) in [6.07, 6.45) is 0. The van der Waals surface area contributed by atoms with E-state index in [2.05, 4.69) is 15.9 Å². The van der Waals surface area contributed by atoms with E-state index in [1.807, 2.05) is 30.3 Å². The van der Waals surface area contributed by atoms with E-state index in [1.165, 1.54) is 11.8 Å². The van der Waals surface area contributed by atoms with Crippen LogP contribution in [0.3, 0.4) is 0 Å². The van der Waals surface area contributed by atoms with E-state index >= 15 is 0 Å². The van der Waals surface area contributed by atoms with Crippen molar-refractivity contribution in [2.75, 3.05) is 0 Å². The van der Waals surface area contributed by atoms with E-state index in [0.717, 1.165) is 5.56 Å². The number of allylic oxidation sites excluding steroid dienone is 1. The molecule has 1 aromatic carbocycles. The van der Waals surface area contributed by atoms with Crippen LogP contribution >= 0.6 is 62.5 Å².